The molecule has 0 radical (unpaired) electrons. The Balaban J connectivity index is 2.31. The smallest absolute Gasteiger partial charge is 0.220 e. The summed E-state index contributed by atoms with van der Waals surface area (Å²) in [4.78, 5) is 11.8. The lowest BCUT2D eigenvalue weighted by Gasteiger charge is -2.15. The molecule has 0 aliphatic heterocycles. The number of aryl methyl sites for hydroxylation is 1. The summed E-state index contributed by atoms with van der Waals surface area (Å²) in [6, 6.07) is 7.08. The second-order valence-electron chi connectivity index (χ2n) is 5.10. The van der Waals surface area contributed by atoms with Crippen LogP contribution < -0.4 is 5.32 Å². The number of phenolic OH excluding ortho intramolecular Hbond substituents is 1. The molecule has 0 saturated carbocycles. The lowest BCUT2D eigenvalue weighted by molar-refractivity contribution is -0.121. The number of rotatable bonds is 9. The standard InChI is InChI=1S/C16H25NO3/c1-2-5-13(10-11-18)12-17-16(20)9-8-14-6-3-4-7-15(14)19/h3-4,6-7,13,18-19H,2,5,8-12H2,1H3,(H,17,20). The van der Waals surface area contributed by atoms with Crippen molar-refractivity contribution < 1.29 is 15.0 Å². The molecular weight excluding hydrogens is 254 g/mol. The van der Waals surface area contributed by atoms with Crippen LogP contribution in [0.25, 0.3) is 0 Å². The summed E-state index contributed by atoms with van der Waals surface area (Å²) in [6.45, 7) is 2.89. The number of nitrogens with one attached hydrogen (secondary N) is 1. The number of phenols is 1. The monoisotopic (exact) mass is 279 g/mol. The molecule has 0 aliphatic carbocycles. The van der Waals surface area contributed by atoms with Crippen molar-refractivity contribution in [2.75, 3.05) is 13.2 Å². The van der Waals surface area contributed by atoms with Gasteiger partial charge in [-0.15, -0.1) is 0 Å². The number of carbonyl (C=O) groups excluding carboxylic acids is 1. The van der Waals surface area contributed by atoms with Crippen molar-refractivity contribution in [1.29, 1.82) is 0 Å². The Morgan fingerprint density at radius 3 is 2.70 bits per heavy atom. The van der Waals surface area contributed by atoms with Crippen LogP contribution in [0.15, 0.2) is 24.3 Å². The van der Waals surface area contributed by atoms with Crippen LogP contribution in [0.4, 0.5) is 0 Å². The normalized spacial score (nSPS) is 12.1. The number of benzene rings is 1. The van der Waals surface area contributed by atoms with Crippen LogP contribution in [0.2, 0.25) is 0 Å². The summed E-state index contributed by atoms with van der Waals surface area (Å²) in [5, 5.41) is 21.5. The van der Waals surface area contributed by atoms with Gasteiger partial charge in [-0.05, 0) is 36.8 Å². The van der Waals surface area contributed by atoms with Gasteiger partial charge >= 0.3 is 0 Å². The van der Waals surface area contributed by atoms with Crippen molar-refractivity contribution in [3.8, 4) is 5.75 Å². The Morgan fingerprint density at radius 2 is 2.05 bits per heavy atom. The lowest BCUT2D eigenvalue weighted by Crippen LogP contribution is -2.29. The molecule has 1 aromatic carbocycles. The van der Waals surface area contributed by atoms with Crippen LogP contribution in [0, 0.1) is 5.92 Å². The van der Waals surface area contributed by atoms with Gasteiger partial charge in [-0.1, -0.05) is 31.5 Å². The van der Waals surface area contributed by atoms with Gasteiger partial charge in [-0.2, -0.15) is 0 Å². The van der Waals surface area contributed by atoms with Gasteiger partial charge < -0.3 is 15.5 Å². The van der Waals surface area contributed by atoms with E-state index in [4.69, 9.17) is 5.11 Å². The highest BCUT2D eigenvalue weighted by Gasteiger charge is 2.10. The van der Waals surface area contributed by atoms with Crippen molar-refractivity contribution in [3.63, 3.8) is 0 Å². The molecule has 20 heavy (non-hydrogen) atoms. The van der Waals surface area contributed by atoms with E-state index in [0.29, 0.717) is 25.3 Å². The quantitative estimate of drug-likeness (QED) is 0.649. The third-order valence-electron chi connectivity index (χ3n) is 3.44. The van der Waals surface area contributed by atoms with E-state index < -0.39 is 0 Å². The first-order valence-corrected chi connectivity index (χ1v) is 7.31. The highest BCUT2D eigenvalue weighted by atomic mass is 16.3. The van der Waals surface area contributed by atoms with E-state index in [-0.39, 0.29) is 18.3 Å². The summed E-state index contributed by atoms with van der Waals surface area (Å²) >= 11 is 0. The van der Waals surface area contributed by atoms with Gasteiger partial charge in [-0.25, -0.2) is 0 Å². The summed E-state index contributed by atoms with van der Waals surface area (Å²) in [6.07, 6.45) is 3.71. The van der Waals surface area contributed by atoms with Crippen molar-refractivity contribution >= 4 is 5.91 Å². The molecule has 1 aromatic rings. The molecule has 4 heteroatoms. The number of amides is 1. The minimum absolute atomic E-state index is 0.00713. The number of aliphatic hydroxyl groups is 1. The molecule has 1 atom stereocenters. The summed E-state index contributed by atoms with van der Waals surface area (Å²) in [5.41, 5.74) is 0.795. The van der Waals surface area contributed by atoms with Crippen LogP contribution >= 0.6 is 0 Å². The zero-order valence-corrected chi connectivity index (χ0v) is 12.1. The molecule has 1 amide bonds. The summed E-state index contributed by atoms with van der Waals surface area (Å²) in [7, 11) is 0. The Morgan fingerprint density at radius 1 is 1.30 bits per heavy atom. The summed E-state index contributed by atoms with van der Waals surface area (Å²) < 4.78 is 0. The molecular formula is C16H25NO3. The van der Waals surface area contributed by atoms with Crippen molar-refractivity contribution in [3.05, 3.63) is 29.8 Å². The SMILES string of the molecule is CCCC(CCO)CNC(=O)CCc1ccccc1O. The third kappa shape index (κ3) is 6.06. The molecule has 4 nitrogen and oxygen atoms in total. The van der Waals surface area contributed by atoms with Crippen LogP contribution in [0.5, 0.6) is 5.75 Å². The fourth-order valence-electron chi connectivity index (χ4n) is 2.26. The minimum Gasteiger partial charge on any atom is -0.508 e. The highest BCUT2D eigenvalue weighted by molar-refractivity contribution is 5.76. The van der Waals surface area contributed by atoms with Crippen molar-refractivity contribution in [2.45, 2.75) is 39.0 Å². The molecule has 0 bridgehead atoms. The van der Waals surface area contributed by atoms with E-state index in [1.54, 1.807) is 12.1 Å². The van der Waals surface area contributed by atoms with E-state index in [2.05, 4.69) is 12.2 Å². The molecule has 1 rings (SSSR count). The van der Waals surface area contributed by atoms with Crippen LogP contribution in [-0.2, 0) is 11.2 Å². The first-order valence-electron chi connectivity index (χ1n) is 7.31. The van der Waals surface area contributed by atoms with Gasteiger partial charge in [0.15, 0.2) is 0 Å². The van der Waals surface area contributed by atoms with Crippen LogP contribution in [0.1, 0.15) is 38.2 Å². The number of aliphatic hydroxyl groups excluding tert-OH is 1. The molecule has 0 saturated heterocycles. The van der Waals surface area contributed by atoms with Gasteiger partial charge in [0.2, 0.25) is 5.91 Å². The maximum absolute atomic E-state index is 11.8. The number of hydrogen-bond acceptors (Lipinski definition) is 3. The minimum atomic E-state index is -0.00713. The lowest BCUT2D eigenvalue weighted by atomic mass is 10.00. The summed E-state index contributed by atoms with van der Waals surface area (Å²) in [5.74, 6) is 0.579. The van der Waals surface area contributed by atoms with Crippen molar-refractivity contribution in [2.24, 2.45) is 5.92 Å². The second-order valence-corrected chi connectivity index (χ2v) is 5.10. The van der Waals surface area contributed by atoms with Gasteiger partial charge in [-0.3, -0.25) is 4.79 Å². The average Bonchev–Trinajstić information content (AvgIpc) is 2.44. The Hall–Kier alpha value is -1.55. The van der Waals surface area contributed by atoms with E-state index in [1.807, 2.05) is 12.1 Å². The molecule has 3 N–H and O–H groups in total. The molecule has 0 aliphatic rings. The highest BCUT2D eigenvalue weighted by Crippen LogP contribution is 2.17. The third-order valence-corrected chi connectivity index (χ3v) is 3.44. The first kappa shape index (κ1) is 16.5. The molecule has 0 aromatic heterocycles. The van der Waals surface area contributed by atoms with Gasteiger partial charge in [0.25, 0.3) is 0 Å². The van der Waals surface area contributed by atoms with E-state index >= 15 is 0 Å². The topological polar surface area (TPSA) is 69.6 Å². The Labute approximate surface area is 120 Å². The predicted octanol–water partition coefficient (Wildman–Crippen LogP) is 2.24. The van der Waals surface area contributed by atoms with Crippen LogP contribution in [0.3, 0.4) is 0 Å². The van der Waals surface area contributed by atoms with Crippen LogP contribution in [-0.4, -0.2) is 29.3 Å². The number of hydrogen-bond donors (Lipinski definition) is 3. The van der Waals surface area contributed by atoms with E-state index in [0.717, 1.165) is 24.8 Å². The first-order chi connectivity index (χ1) is 9.67. The van der Waals surface area contributed by atoms with Crippen molar-refractivity contribution in [1.82, 2.24) is 5.32 Å². The largest absolute Gasteiger partial charge is 0.508 e. The molecule has 0 spiro atoms. The Kier molecular flexibility index (Phi) is 7.73. The average molecular weight is 279 g/mol. The van der Waals surface area contributed by atoms with Gasteiger partial charge in [0, 0.05) is 19.6 Å². The predicted molar refractivity (Wildman–Crippen MR) is 79.5 cm³/mol. The number of aromatic hydroxyl groups is 1. The zero-order valence-electron chi connectivity index (χ0n) is 12.1. The molecule has 1 unspecified atom stereocenters. The maximum atomic E-state index is 11.8. The zero-order chi connectivity index (χ0) is 14.8. The fraction of sp³-hybridized carbons (Fsp3) is 0.562. The van der Waals surface area contributed by atoms with Gasteiger partial charge in [0.1, 0.15) is 5.75 Å². The van der Waals surface area contributed by atoms with E-state index in [1.165, 1.54) is 0 Å². The Bertz CT molecular complexity index is 400. The number of para-hydroxylation sites is 1. The van der Waals surface area contributed by atoms with E-state index in [9.17, 15) is 9.90 Å². The maximum Gasteiger partial charge on any atom is 0.220 e. The fourth-order valence-corrected chi connectivity index (χ4v) is 2.26. The molecule has 0 fully saturated rings. The second kappa shape index (κ2) is 9.37. The van der Waals surface area contributed by atoms with Gasteiger partial charge in [0.05, 0.1) is 0 Å². The molecule has 112 valence electrons. The molecule has 0 heterocycles. The number of carbonyl (C=O) groups is 1.